The van der Waals surface area contributed by atoms with Gasteiger partial charge < -0.3 is 4.57 Å². The zero-order chi connectivity index (χ0) is 28.0. The third-order valence-corrected chi connectivity index (χ3v) is 7.10. The first-order valence-corrected chi connectivity index (χ1v) is 12.7. The number of fused-ring (bicyclic) bond motifs is 2. The number of benzene rings is 4. The van der Waals surface area contributed by atoms with Gasteiger partial charge in [0.2, 0.25) is 0 Å². The molecule has 0 atom stereocenters. The number of hydrogen-bond acceptors (Lipinski definition) is 3. The van der Waals surface area contributed by atoms with Gasteiger partial charge in [0.25, 0.3) is 11.8 Å². The monoisotopic (exact) mass is 555 g/mol. The Morgan fingerprint density at radius 1 is 0.850 bits per heavy atom. The van der Waals surface area contributed by atoms with Gasteiger partial charge in [0.1, 0.15) is 5.57 Å². The molecule has 2 heterocycles. The number of hydrogen-bond donors (Lipinski definition) is 1. The smallest absolute Gasteiger partial charge is 0.342 e. The maximum atomic E-state index is 13.5. The fourth-order valence-corrected chi connectivity index (χ4v) is 5.20. The Morgan fingerprint density at radius 2 is 1.60 bits per heavy atom. The van der Waals surface area contributed by atoms with Crippen molar-refractivity contribution in [3.05, 3.63) is 119 Å². The van der Waals surface area contributed by atoms with E-state index < -0.39 is 23.6 Å². The lowest BCUT2D eigenvalue weighted by Crippen LogP contribution is -2.54. The highest BCUT2D eigenvalue weighted by atomic mass is 32.1. The first-order valence-electron chi connectivity index (χ1n) is 12.3. The van der Waals surface area contributed by atoms with Crippen molar-refractivity contribution in [3.63, 3.8) is 0 Å². The quantitative estimate of drug-likeness (QED) is 0.153. The molecule has 2 amide bonds. The summed E-state index contributed by atoms with van der Waals surface area (Å²) in [6, 6.07) is 26.2. The average Bonchev–Trinajstić information content (AvgIpc) is 3.27. The standard InChI is InChI=1S/C31H20F3N3O2S/c32-31(33,34)23-8-5-9-24(16-23)37-29(39)26(28(38)35-30(37)40)15-22-18-36(27-11-4-3-10-25(22)27)17-19-12-13-20-6-1-2-7-21(20)14-19/h1-16,18H,17H2,(H,35,38,40)/b26-15+. The van der Waals surface area contributed by atoms with Crippen LogP contribution < -0.4 is 10.2 Å². The molecule has 4 aromatic carbocycles. The number of nitrogens with zero attached hydrogens (tertiary/aromatic N) is 2. The fraction of sp³-hybridized carbons (Fsp3) is 0.0645. The Labute approximate surface area is 232 Å². The van der Waals surface area contributed by atoms with Gasteiger partial charge in [-0.1, -0.05) is 60.7 Å². The van der Waals surface area contributed by atoms with Crippen LogP contribution in [-0.2, 0) is 22.3 Å². The third-order valence-electron chi connectivity index (χ3n) is 6.82. The van der Waals surface area contributed by atoms with E-state index in [1.807, 2.05) is 47.2 Å². The minimum Gasteiger partial charge on any atom is -0.342 e. The van der Waals surface area contributed by atoms with E-state index in [9.17, 15) is 22.8 Å². The molecule has 1 aliphatic rings. The second-order valence-corrected chi connectivity index (χ2v) is 9.80. The number of nitrogens with one attached hydrogen (secondary N) is 1. The second kappa shape index (κ2) is 9.77. The summed E-state index contributed by atoms with van der Waals surface area (Å²) in [7, 11) is 0. The number of thiocarbonyl (C=S) groups is 1. The molecule has 9 heteroatoms. The molecule has 0 bridgehead atoms. The molecule has 5 nitrogen and oxygen atoms in total. The van der Waals surface area contributed by atoms with Crippen LogP contribution in [0.2, 0.25) is 0 Å². The van der Waals surface area contributed by atoms with Crippen LogP contribution >= 0.6 is 12.2 Å². The summed E-state index contributed by atoms with van der Waals surface area (Å²) < 4.78 is 42.0. The van der Waals surface area contributed by atoms with Gasteiger partial charge in [-0.3, -0.25) is 19.8 Å². The summed E-state index contributed by atoms with van der Waals surface area (Å²) >= 11 is 5.17. The number of carbonyl (C=O) groups excluding carboxylic acids is 2. The first-order chi connectivity index (χ1) is 19.2. The summed E-state index contributed by atoms with van der Waals surface area (Å²) in [4.78, 5) is 27.3. The predicted octanol–water partition coefficient (Wildman–Crippen LogP) is 6.69. The Morgan fingerprint density at radius 3 is 2.40 bits per heavy atom. The second-order valence-electron chi connectivity index (χ2n) is 9.42. The van der Waals surface area contributed by atoms with Gasteiger partial charge in [-0.15, -0.1) is 0 Å². The third kappa shape index (κ3) is 4.65. The van der Waals surface area contributed by atoms with E-state index in [4.69, 9.17) is 12.2 Å². The Balaban J connectivity index is 1.39. The van der Waals surface area contributed by atoms with E-state index in [1.165, 1.54) is 18.2 Å². The van der Waals surface area contributed by atoms with Crippen LogP contribution in [0.15, 0.2) is 103 Å². The molecule has 1 N–H and O–H groups in total. The minimum atomic E-state index is -4.61. The maximum absolute atomic E-state index is 13.5. The van der Waals surface area contributed by atoms with Gasteiger partial charge in [-0.05, 0) is 65.0 Å². The van der Waals surface area contributed by atoms with Crippen molar-refractivity contribution in [2.45, 2.75) is 12.7 Å². The predicted molar refractivity (Wildman–Crippen MR) is 153 cm³/mol. The molecular formula is C31H20F3N3O2S. The number of halogens is 3. The SMILES string of the molecule is O=C1NC(=S)N(c2cccc(C(F)(F)F)c2)C(=O)/C1=C/c1cn(Cc2ccc3ccccc3c2)c2ccccc12. The van der Waals surface area contributed by atoms with Crippen LogP contribution in [0.3, 0.4) is 0 Å². The first kappa shape index (κ1) is 25.5. The highest BCUT2D eigenvalue weighted by Gasteiger charge is 2.36. The maximum Gasteiger partial charge on any atom is 0.416 e. The van der Waals surface area contributed by atoms with Crippen molar-refractivity contribution in [2.75, 3.05) is 4.90 Å². The summed E-state index contributed by atoms with van der Waals surface area (Å²) in [6.07, 6.45) is -1.29. The molecule has 198 valence electrons. The Bertz CT molecular complexity index is 1870. The van der Waals surface area contributed by atoms with E-state index in [0.29, 0.717) is 12.1 Å². The molecule has 0 unspecified atom stereocenters. The van der Waals surface area contributed by atoms with Gasteiger partial charge in [-0.25, -0.2) is 0 Å². The summed E-state index contributed by atoms with van der Waals surface area (Å²) in [5, 5.41) is 5.23. The van der Waals surface area contributed by atoms with Gasteiger partial charge in [0.05, 0.1) is 11.3 Å². The number of aromatic nitrogens is 1. The summed E-state index contributed by atoms with van der Waals surface area (Å²) in [6.45, 7) is 0.551. The highest BCUT2D eigenvalue weighted by Crippen LogP contribution is 2.33. The highest BCUT2D eigenvalue weighted by molar-refractivity contribution is 7.80. The summed E-state index contributed by atoms with van der Waals surface area (Å²) in [5.41, 5.74) is 1.34. The van der Waals surface area contributed by atoms with Crippen LogP contribution in [0.25, 0.3) is 27.8 Å². The number of amides is 2. The molecule has 5 aromatic rings. The van der Waals surface area contributed by atoms with E-state index in [0.717, 1.165) is 44.3 Å². The van der Waals surface area contributed by atoms with Gasteiger partial charge in [0, 0.05) is 29.2 Å². The van der Waals surface area contributed by atoms with Crippen LogP contribution in [-0.4, -0.2) is 21.5 Å². The number of anilines is 1. The lowest BCUT2D eigenvalue weighted by molar-refractivity contribution is -0.137. The molecular weight excluding hydrogens is 535 g/mol. The number of para-hydroxylation sites is 1. The molecule has 0 saturated carbocycles. The van der Waals surface area contributed by atoms with Crippen molar-refractivity contribution >= 4 is 62.6 Å². The zero-order valence-corrected chi connectivity index (χ0v) is 21.6. The fourth-order valence-electron chi connectivity index (χ4n) is 4.92. The van der Waals surface area contributed by atoms with E-state index >= 15 is 0 Å². The van der Waals surface area contributed by atoms with Crippen molar-refractivity contribution in [1.29, 1.82) is 0 Å². The molecule has 6 rings (SSSR count). The van der Waals surface area contributed by atoms with Gasteiger partial charge >= 0.3 is 6.18 Å². The van der Waals surface area contributed by atoms with Crippen LogP contribution in [0.4, 0.5) is 18.9 Å². The van der Waals surface area contributed by atoms with Crippen LogP contribution in [0, 0.1) is 0 Å². The molecule has 40 heavy (non-hydrogen) atoms. The van der Waals surface area contributed by atoms with E-state index in [1.54, 1.807) is 0 Å². The van der Waals surface area contributed by atoms with Crippen molar-refractivity contribution in [1.82, 2.24) is 9.88 Å². The zero-order valence-electron chi connectivity index (χ0n) is 20.8. The molecule has 1 aliphatic heterocycles. The Kier molecular flexibility index (Phi) is 6.23. The molecule has 1 saturated heterocycles. The van der Waals surface area contributed by atoms with Crippen LogP contribution in [0.1, 0.15) is 16.7 Å². The lowest BCUT2D eigenvalue weighted by atomic mass is 10.1. The largest absolute Gasteiger partial charge is 0.416 e. The van der Waals surface area contributed by atoms with Crippen molar-refractivity contribution in [2.24, 2.45) is 0 Å². The normalized spacial score (nSPS) is 15.3. The van der Waals surface area contributed by atoms with Crippen LogP contribution in [0.5, 0.6) is 0 Å². The summed E-state index contributed by atoms with van der Waals surface area (Å²) in [5.74, 6) is -1.52. The van der Waals surface area contributed by atoms with Crippen molar-refractivity contribution < 1.29 is 22.8 Å². The van der Waals surface area contributed by atoms with E-state index in [2.05, 4.69) is 35.6 Å². The topological polar surface area (TPSA) is 54.3 Å². The molecule has 1 fully saturated rings. The lowest BCUT2D eigenvalue weighted by Gasteiger charge is -2.29. The van der Waals surface area contributed by atoms with E-state index in [-0.39, 0.29) is 16.4 Å². The number of carbonyl (C=O) groups is 2. The van der Waals surface area contributed by atoms with Gasteiger partial charge in [-0.2, -0.15) is 13.2 Å². The number of rotatable bonds is 4. The molecule has 0 aliphatic carbocycles. The average molecular weight is 556 g/mol. The van der Waals surface area contributed by atoms with Gasteiger partial charge in [0.15, 0.2) is 5.11 Å². The molecule has 0 radical (unpaired) electrons. The minimum absolute atomic E-state index is 0.0885. The molecule has 0 spiro atoms. The Hall–Kier alpha value is -4.76. The van der Waals surface area contributed by atoms with Crippen molar-refractivity contribution in [3.8, 4) is 0 Å². The number of alkyl halides is 3. The molecule has 1 aromatic heterocycles.